The monoisotopic (exact) mass is 372 g/mol. The summed E-state index contributed by atoms with van der Waals surface area (Å²) in [5, 5.41) is 3.73. The summed E-state index contributed by atoms with van der Waals surface area (Å²) in [6, 6.07) is 10.7. The van der Waals surface area contributed by atoms with Crippen LogP contribution >= 0.6 is 11.6 Å². The number of hydrogen-bond acceptors (Lipinski definition) is 2. The minimum atomic E-state index is -0.148. The van der Waals surface area contributed by atoms with Gasteiger partial charge >= 0.3 is 0 Å². The lowest BCUT2D eigenvalue weighted by molar-refractivity contribution is 0.0920. The number of hydrogen-bond donors (Lipinski definition) is 1. The topological polar surface area (TPSA) is 51.1 Å². The number of halogens is 1. The molecule has 1 saturated carbocycles. The SMILES string of the molecule is CCC1CCC(NC(=O)c2ccc(=O)n(Cc3ccccc3Cl)c2)CC1. The predicted octanol–water partition coefficient (Wildman–Crippen LogP) is 4.25. The summed E-state index contributed by atoms with van der Waals surface area (Å²) in [5.41, 5.74) is 1.21. The maximum absolute atomic E-state index is 12.6. The standard InChI is InChI=1S/C21H25ClN2O2/c1-2-15-7-10-18(11-8-15)23-21(26)17-9-12-20(25)24(14-17)13-16-5-3-4-6-19(16)22/h3-6,9,12,14-15,18H,2,7-8,10-11,13H2,1H3,(H,23,26). The first-order chi connectivity index (χ1) is 12.6. The maximum Gasteiger partial charge on any atom is 0.252 e. The Morgan fingerprint density at radius 3 is 2.58 bits per heavy atom. The van der Waals surface area contributed by atoms with Gasteiger partial charge in [-0.15, -0.1) is 0 Å². The molecule has 138 valence electrons. The molecule has 0 atom stereocenters. The van der Waals surface area contributed by atoms with Crippen LogP contribution in [0.25, 0.3) is 0 Å². The predicted molar refractivity (Wildman–Crippen MR) is 105 cm³/mol. The molecule has 1 aliphatic carbocycles. The largest absolute Gasteiger partial charge is 0.349 e. The van der Waals surface area contributed by atoms with Gasteiger partial charge in [0.2, 0.25) is 0 Å². The van der Waals surface area contributed by atoms with Crippen LogP contribution in [-0.2, 0) is 6.54 Å². The van der Waals surface area contributed by atoms with Gasteiger partial charge in [0.1, 0.15) is 0 Å². The van der Waals surface area contributed by atoms with Crippen LogP contribution in [0.1, 0.15) is 54.9 Å². The van der Waals surface area contributed by atoms with Gasteiger partial charge in [-0.25, -0.2) is 0 Å². The zero-order valence-corrected chi connectivity index (χ0v) is 15.8. The summed E-state index contributed by atoms with van der Waals surface area (Å²) in [7, 11) is 0. The van der Waals surface area contributed by atoms with Gasteiger partial charge in [0.05, 0.1) is 12.1 Å². The Hall–Kier alpha value is -2.07. The molecule has 2 aromatic rings. The molecule has 1 amide bonds. The van der Waals surface area contributed by atoms with Crippen molar-refractivity contribution in [1.29, 1.82) is 0 Å². The highest BCUT2D eigenvalue weighted by atomic mass is 35.5. The number of aromatic nitrogens is 1. The highest BCUT2D eigenvalue weighted by molar-refractivity contribution is 6.31. The van der Waals surface area contributed by atoms with E-state index in [0.29, 0.717) is 17.1 Å². The van der Waals surface area contributed by atoms with Crippen molar-refractivity contribution < 1.29 is 4.79 Å². The van der Waals surface area contributed by atoms with Crippen LogP contribution in [0.2, 0.25) is 5.02 Å². The summed E-state index contributed by atoms with van der Waals surface area (Å²) in [6.07, 6.45) is 7.25. The van der Waals surface area contributed by atoms with E-state index in [0.717, 1.165) is 24.3 Å². The van der Waals surface area contributed by atoms with Crippen LogP contribution in [0.4, 0.5) is 0 Å². The third kappa shape index (κ3) is 4.55. The van der Waals surface area contributed by atoms with Gasteiger partial charge in [-0.2, -0.15) is 0 Å². The van der Waals surface area contributed by atoms with E-state index in [1.54, 1.807) is 18.3 Å². The average molecular weight is 373 g/mol. The van der Waals surface area contributed by atoms with E-state index in [1.807, 2.05) is 18.2 Å². The van der Waals surface area contributed by atoms with Gasteiger partial charge in [-0.1, -0.05) is 43.1 Å². The van der Waals surface area contributed by atoms with Gasteiger partial charge < -0.3 is 9.88 Å². The third-order valence-corrected chi connectivity index (χ3v) is 5.67. The quantitative estimate of drug-likeness (QED) is 0.853. The van der Waals surface area contributed by atoms with Crippen LogP contribution in [0.5, 0.6) is 0 Å². The number of nitrogens with one attached hydrogen (secondary N) is 1. The molecular weight excluding hydrogens is 348 g/mol. The maximum atomic E-state index is 12.6. The highest BCUT2D eigenvalue weighted by Crippen LogP contribution is 2.26. The lowest BCUT2D eigenvalue weighted by Gasteiger charge is -2.28. The summed E-state index contributed by atoms with van der Waals surface area (Å²) in [4.78, 5) is 24.8. The molecule has 3 rings (SSSR count). The molecule has 26 heavy (non-hydrogen) atoms. The molecule has 1 aliphatic rings. The zero-order valence-electron chi connectivity index (χ0n) is 15.1. The van der Waals surface area contributed by atoms with Crippen LogP contribution in [0.15, 0.2) is 47.4 Å². The van der Waals surface area contributed by atoms with Gasteiger partial charge in [0.25, 0.3) is 11.5 Å². The van der Waals surface area contributed by atoms with Crippen molar-refractivity contribution in [3.63, 3.8) is 0 Å². The van der Waals surface area contributed by atoms with Crippen molar-refractivity contribution in [2.45, 2.75) is 51.6 Å². The second kappa shape index (κ2) is 8.54. The zero-order chi connectivity index (χ0) is 18.5. The van der Waals surface area contributed by atoms with E-state index in [1.165, 1.54) is 29.9 Å². The molecule has 0 bridgehead atoms. The Balaban J connectivity index is 1.70. The minimum absolute atomic E-state index is 0.113. The van der Waals surface area contributed by atoms with Gasteiger partial charge in [-0.05, 0) is 49.3 Å². The van der Waals surface area contributed by atoms with Crippen molar-refractivity contribution in [1.82, 2.24) is 9.88 Å². The Morgan fingerprint density at radius 1 is 1.15 bits per heavy atom. The molecule has 4 nitrogen and oxygen atoms in total. The lowest BCUT2D eigenvalue weighted by atomic mass is 9.84. The lowest BCUT2D eigenvalue weighted by Crippen LogP contribution is -2.38. The fourth-order valence-corrected chi connectivity index (χ4v) is 3.78. The number of pyridine rings is 1. The minimum Gasteiger partial charge on any atom is -0.349 e. The molecule has 0 spiro atoms. The van der Waals surface area contributed by atoms with Crippen molar-refractivity contribution in [3.8, 4) is 0 Å². The van der Waals surface area contributed by atoms with Crippen molar-refractivity contribution in [2.24, 2.45) is 5.92 Å². The fraction of sp³-hybridized carbons (Fsp3) is 0.429. The Bertz CT molecular complexity index is 823. The summed E-state index contributed by atoms with van der Waals surface area (Å²) < 4.78 is 1.53. The van der Waals surface area contributed by atoms with Gasteiger partial charge in [-0.3, -0.25) is 9.59 Å². The van der Waals surface area contributed by atoms with E-state index >= 15 is 0 Å². The molecule has 0 aliphatic heterocycles. The number of amides is 1. The van der Waals surface area contributed by atoms with E-state index in [-0.39, 0.29) is 17.5 Å². The molecular formula is C21H25ClN2O2. The normalized spacial score (nSPS) is 19.9. The van der Waals surface area contributed by atoms with Gasteiger partial charge in [0.15, 0.2) is 0 Å². The molecule has 0 radical (unpaired) electrons. The number of benzene rings is 1. The number of carbonyl (C=O) groups is 1. The number of carbonyl (C=O) groups excluding carboxylic acids is 1. The Morgan fingerprint density at radius 2 is 1.88 bits per heavy atom. The molecule has 0 saturated heterocycles. The van der Waals surface area contributed by atoms with E-state index < -0.39 is 0 Å². The van der Waals surface area contributed by atoms with Crippen molar-refractivity contribution in [3.05, 3.63) is 69.1 Å². The number of nitrogens with zero attached hydrogens (tertiary/aromatic N) is 1. The fourth-order valence-electron chi connectivity index (χ4n) is 3.58. The molecule has 0 unspecified atom stereocenters. The number of rotatable bonds is 5. The van der Waals surface area contributed by atoms with Crippen LogP contribution in [0.3, 0.4) is 0 Å². The van der Waals surface area contributed by atoms with E-state index in [4.69, 9.17) is 11.6 Å². The van der Waals surface area contributed by atoms with Gasteiger partial charge in [0, 0.05) is 23.3 Å². The van der Waals surface area contributed by atoms with Crippen LogP contribution in [-0.4, -0.2) is 16.5 Å². The molecule has 1 N–H and O–H groups in total. The summed E-state index contributed by atoms with van der Waals surface area (Å²) in [6.45, 7) is 2.58. The second-order valence-electron chi connectivity index (χ2n) is 7.07. The molecule has 1 aromatic carbocycles. The van der Waals surface area contributed by atoms with Crippen molar-refractivity contribution in [2.75, 3.05) is 0 Å². The van der Waals surface area contributed by atoms with Crippen LogP contribution in [0, 0.1) is 5.92 Å². The first-order valence-corrected chi connectivity index (χ1v) is 9.69. The smallest absolute Gasteiger partial charge is 0.252 e. The van der Waals surface area contributed by atoms with E-state index in [2.05, 4.69) is 12.2 Å². The summed E-state index contributed by atoms with van der Waals surface area (Å²) >= 11 is 6.19. The van der Waals surface area contributed by atoms with Crippen LogP contribution < -0.4 is 10.9 Å². The molecule has 1 fully saturated rings. The molecule has 1 aromatic heterocycles. The second-order valence-corrected chi connectivity index (χ2v) is 7.48. The summed E-state index contributed by atoms with van der Waals surface area (Å²) in [5.74, 6) is 0.679. The third-order valence-electron chi connectivity index (χ3n) is 5.30. The van der Waals surface area contributed by atoms with E-state index in [9.17, 15) is 9.59 Å². The molecule has 5 heteroatoms. The van der Waals surface area contributed by atoms with Crippen molar-refractivity contribution >= 4 is 17.5 Å². The molecule has 1 heterocycles. The highest BCUT2D eigenvalue weighted by Gasteiger charge is 2.22. The first kappa shape index (κ1) is 18.7. The first-order valence-electron chi connectivity index (χ1n) is 9.31. The Kier molecular flexibility index (Phi) is 6.15. The average Bonchev–Trinajstić information content (AvgIpc) is 2.66. The Labute approximate surface area is 159 Å².